The number of ether oxygens (including phenoxy) is 1. The van der Waals surface area contributed by atoms with Crippen LogP contribution in [-0.4, -0.2) is 69.9 Å². The monoisotopic (exact) mass is 425 g/mol. The average molecular weight is 425 g/mol. The van der Waals surface area contributed by atoms with E-state index in [1.54, 1.807) is 0 Å². The summed E-state index contributed by atoms with van der Waals surface area (Å²) in [5, 5.41) is 15.6. The van der Waals surface area contributed by atoms with E-state index in [4.69, 9.17) is 9.57 Å². The highest BCUT2D eigenvalue weighted by atomic mass is 32.2. The lowest BCUT2D eigenvalue weighted by molar-refractivity contribution is -0.151. The molecule has 0 radical (unpaired) electrons. The lowest BCUT2D eigenvalue weighted by atomic mass is 10.0. The average Bonchev–Trinajstić information content (AvgIpc) is 3.20. The zero-order chi connectivity index (χ0) is 21.0. The van der Waals surface area contributed by atoms with Crippen molar-refractivity contribution in [3.8, 4) is 0 Å². The molecule has 3 rings (SSSR count). The Hall–Kier alpha value is -2.56. The number of nitrogens with one attached hydrogen (secondary N) is 1. The third-order valence-corrected chi connectivity index (χ3v) is 6.15. The van der Waals surface area contributed by atoms with Gasteiger partial charge in [-0.05, 0) is 25.7 Å². The highest BCUT2D eigenvalue weighted by molar-refractivity contribution is 8.00. The van der Waals surface area contributed by atoms with E-state index in [0.29, 0.717) is 5.57 Å². The first-order chi connectivity index (χ1) is 13.9. The number of fused-ring (bicyclic) bond motifs is 1. The van der Waals surface area contributed by atoms with Crippen LogP contribution in [0.1, 0.15) is 39.0 Å². The number of carbonyl (C=O) groups is 4. The molecule has 3 aliphatic rings. The van der Waals surface area contributed by atoms with E-state index in [-0.39, 0.29) is 37.0 Å². The number of rotatable bonds is 8. The maximum atomic E-state index is 12.5. The summed E-state index contributed by atoms with van der Waals surface area (Å²) in [5.74, 6) is -2.37. The minimum atomic E-state index is -1.27. The number of aliphatic carboxylic acids is 1. The minimum absolute atomic E-state index is 0.0529. The van der Waals surface area contributed by atoms with Crippen molar-refractivity contribution in [2.24, 2.45) is 5.16 Å². The fourth-order valence-corrected chi connectivity index (χ4v) is 4.71. The second-order valence-corrected chi connectivity index (χ2v) is 8.05. The van der Waals surface area contributed by atoms with E-state index < -0.39 is 29.3 Å². The minimum Gasteiger partial charge on any atom is -0.477 e. The molecule has 1 saturated carbocycles. The molecule has 0 aromatic rings. The van der Waals surface area contributed by atoms with Gasteiger partial charge in [-0.2, -0.15) is 0 Å². The van der Waals surface area contributed by atoms with Gasteiger partial charge in [0.05, 0.1) is 12.1 Å². The number of hydrogen-bond acceptors (Lipinski definition) is 8. The van der Waals surface area contributed by atoms with Crippen molar-refractivity contribution in [2.75, 3.05) is 19.0 Å². The quantitative estimate of drug-likeness (QED) is 0.250. The molecule has 0 bridgehead atoms. The van der Waals surface area contributed by atoms with Gasteiger partial charge in [0, 0.05) is 18.2 Å². The smallest absolute Gasteiger partial charge is 0.352 e. The summed E-state index contributed by atoms with van der Waals surface area (Å²) in [5.41, 5.74) is 1.18. The molecule has 2 aliphatic heterocycles. The second-order valence-electron chi connectivity index (χ2n) is 6.94. The van der Waals surface area contributed by atoms with E-state index in [9.17, 15) is 24.3 Å². The first kappa shape index (κ1) is 21.2. The number of oxime groups is 1. The van der Waals surface area contributed by atoms with Gasteiger partial charge in [-0.25, -0.2) is 4.79 Å². The fourth-order valence-electron chi connectivity index (χ4n) is 3.38. The van der Waals surface area contributed by atoms with Crippen LogP contribution in [0.15, 0.2) is 16.4 Å². The molecule has 11 heteroatoms. The van der Waals surface area contributed by atoms with Crippen molar-refractivity contribution in [2.45, 2.75) is 50.4 Å². The van der Waals surface area contributed by atoms with Crippen LogP contribution in [0.2, 0.25) is 0 Å². The molecule has 2 fully saturated rings. The normalized spacial score (nSPS) is 23.3. The molecule has 158 valence electrons. The number of carboxylic acid groups (broad SMARTS) is 1. The van der Waals surface area contributed by atoms with E-state index >= 15 is 0 Å². The van der Waals surface area contributed by atoms with Crippen LogP contribution in [0.4, 0.5) is 0 Å². The van der Waals surface area contributed by atoms with Crippen LogP contribution in [-0.2, 0) is 28.8 Å². The maximum absolute atomic E-state index is 12.5. The fraction of sp³-hybridized carbons (Fsp3) is 0.611. The Morgan fingerprint density at radius 1 is 1.31 bits per heavy atom. The maximum Gasteiger partial charge on any atom is 0.352 e. The summed E-state index contributed by atoms with van der Waals surface area (Å²) in [6.45, 7) is 1.16. The third-order valence-electron chi connectivity index (χ3n) is 4.81. The summed E-state index contributed by atoms with van der Waals surface area (Å²) in [4.78, 5) is 53.5. The van der Waals surface area contributed by atoms with Crippen molar-refractivity contribution in [1.29, 1.82) is 0 Å². The van der Waals surface area contributed by atoms with Crippen molar-refractivity contribution in [1.82, 2.24) is 10.2 Å². The Morgan fingerprint density at radius 2 is 2.03 bits per heavy atom. The SMILES string of the molecule is CC(=O)OCC1=C(C(=O)O)N2C(=O)C(NC(=O)CCON=C3CCCC3)C2SC1. The van der Waals surface area contributed by atoms with Crippen LogP contribution < -0.4 is 5.32 Å². The lowest BCUT2D eigenvalue weighted by Gasteiger charge is -2.49. The van der Waals surface area contributed by atoms with Gasteiger partial charge >= 0.3 is 11.9 Å². The molecular formula is C18H23N3O7S. The molecule has 2 amide bonds. The highest BCUT2D eigenvalue weighted by Gasteiger charge is 2.54. The van der Waals surface area contributed by atoms with E-state index in [0.717, 1.165) is 36.3 Å². The van der Waals surface area contributed by atoms with Gasteiger partial charge in [-0.15, -0.1) is 11.8 Å². The van der Waals surface area contributed by atoms with Gasteiger partial charge < -0.3 is 20.0 Å². The Bertz CT molecular complexity index is 771. The van der Waals surface area contributed by atoms with Gasteiger partial charge in [0.2, 0.25) is 5.91 Å². The van der Waals surface area contributed by atoms with Crippen LogP contribution in [0.5, 0.6) is 0 Å². The number of β-lactam (4-membered cyclic amide) rings is 1. The number of esters is 1. The molecule has 1 saturated heterocycles. The van der Waals surface area contributed by atoms with Crippen LogP contribution in [0, 0.1) is 0 Å². The van der Waals surface area contributed by atoms with Crippen molar-refractivity contribution in [3.05, 3.63) is 11.3 Å². The first-order valence-electron chi connectivity index (χ1n) is 9.39. The zero-order valence-corrected chi connectivity index (χ0v) is 16.8. The Balaban J connectivity index is 1.53. The number of carbonyl (C=O) groups excluding carboxylic acids is 3. The van der Waals surface area contributed by atoms with E-state index in [1.807, 2.05) is 0 Å². The number of amides is 2. The Kier molecular flexibility index (Phi) is 6.78. The standard InChI is InChI=1S/C18H23N3O7S/c1-10(22)27-8-11-9-29-17-14(16(24)21(17)15(11)18(25)26)19-13(23)6-7-28-20-12-4-2-3-5-12/h14,17H,2-9H2,1H3,(H,19,23)(H,25,26). The Morgan fingerprint density at radius 3 is 2.69 bits per heavy atom. The van der Waals surface area contributed by atoms with Gasteiger partial charge in [0.15, 0.2) is 0 Å². The largest absolute Gasteiger partial charge is 0.477 e. The zero-order valence-electron chi connectivity index (χ0n) is 16.0. The predicted molar refractivity (Wildman–Crippen MR) is 103 cm³/mol. The number of hydrogen-bond donors (Lipinski definition) is 2. The van der Waals surface area contributed by atoms with Crippen LogP contribution in [0.3, 0.4) is 0 Å². The summed E-state index contributed by atoms with van der Waals surface area (Å²) in [6, 6.07) is -0.793. The first-order valence-corrected chi connectivity index (χ1v) is 10.4. The van der Waals surface area contributed by atoms with Gasteiger partial charge in [0.1, 0.15) is 30.3 Å². The van der Waals surface area contributed by atoms with Crippen molar-refractivity contribution < 1.29 is 33.9 Å². The number of carboxylic acids is 1. The highest BCUT2D eigenvalue weighted by Crippen LogP contribution is 2.40. The van der Waals surface area contributed by atoms with Crippen LogP contribution in [0.25, 0.3) is 0 Å². The Labute approximate surface area is 171 Å². The van der Waals surface area contributed by atoms with Gasteiger partial charge in [-0.3, -0.25) is 19.3 Å². The molecule has 10 nitrogen and oxygen atoms in total. The molecule has 29 heavy (non-hydrogen) atoms. The van der Waals surface area contributed by atoms with Gasteiger partial charge in [-0.1, -0.05) is 5.16 Å². The molecule has 2 unspecified atom stereocenters. The predicted octanol–water partition coefficient (Wildman–Crippen LogP) is 0.625. The topological polar surface area (TPSA) is 135 Å². The van der Waals surface area contributed by atoms with Crippen LogP contribution >= 0.6 is 11.8 Å². The molecule has 2 atom stereocenters. The summed E-state index contributed by atoms with van der Waals surface area (Å²) in [7, 11) is 0. The molecule has 2 N–H and O–H groups in total. The molecular weight excluding hydrogens is 402 g/mol. The number of thioether (sulfide) groups is 1. The third kappa shape index (κ3) is 4.89. The van der Waals surface area contributed by atoms with Crippen molar-refractivity contribution >= 4 is 41.2 Å². The van der Waals surface area contributed by atoms with E-state index in [1.165, 1.54) is 18.7 Å². The lowest BCUT2D eigenvalue weighted by Crippen LogP contribution is -2.70. The van der Waals surface area contributed by atoms with Gasteiger partial charge in [0.25, 0.3) is 5.91 Å². The summed E-state index contributed by atoms with van der Waals surface area (Å²) >= 11 is 1.32. The molecule has 0 aromatic carbocycles. The second kappa shape index (κ2) is 9.29. The van der Waals surface area contributed by atoms with Crippen molar-refractivity contribution in [3.63, 3.8) is 0 Å². The number of nitrogens with zero attached hydrogens (tertiary/aromatic N) is 2. The molecule has 1 aliphatic carbocycles. The summed E-state index contributed by atoms with van der Waals surface area (Å²) in [6.07, 6.45) is 4.12. The van der Waals surface area contributed by atoms with E-state index in [2.05, 4.69) is 10.5 Å². The summed E-state index contributed by atoms with van der Waals surface area (Å²) < 4.78 is 4.88. The molecule has 0 spiro atoms. The molecule has 2 heterocycles. The molecule has 0 aromatic heterocycles.